The van der Waals surface area contributed by atoms with Crippen LogP contribution >= 0.6 is 0 Å². The molecule has 3 amide bonds. The van der Waals surface area contributed by atoms with Gasteiger partial charge in [0, 0.05) is 30.1 Å². The molecular weight excluding hydrogens is 392 g/mol. The quantitative estimate of drug-likeness (QED) is 0.698. The molecule has 0 saturated carbocycles. The Kier molecular flexibility index (Phi) is 4.71. The van der Waals surface area contributed by atoms with Crippen LogP contribution in [0.2, 0.25) is 0 Å². The first-order valence-corrected chi connectivity index (χ1v) is 10.1. The van der Waals surface area contributed by atoms with Gasteiger partial charge < -0.3 is 10.2 Å². The van der Waals surface area contributed by atoms with Gasteiger partial charge in [0.25, 0.3) is 11.8 Å². The van der Waals surface area contributed by atoms with E-state index in [4.69, 9.17) is 0 Å². The molecule has 0 saturated heterocycles. The lowest BCUT2D eigenvalue weighted by Crippen LogP contribution is -2.51. The van der Waals surface area contributed by atoms with Gasteiger partial charge in [0.1, 0.15) is 12.7 Å². The standard InChI is InChI=1S/C24H20N4O3/c29-21(26-14-11-16-9-12-25-13-10-16)15-27-22-17-5-1-2-6-18(17)24(31)28(22)20-8-4-3-7-19(20)23(27)30/h1-10,12-13,22H,11,14-15H2,(H,26,29)/t22-/m0/s1. The fourth-order valence-corrected chi connectivity index (χ4v) is 4.24. The molecule has 7 nitrogen and oxygen atoms in total. The van der Waals surface area contributed by atoms with Crippen molar-refractivity contribution in [3.8, 4) is 0 Å². The zero-order chi connectivity index (χ0) is 21.4. The van der Waals surface area contributed by atoms with Crippen LogP contribution in [-0.4, -0.2) is 40.7 Å². The molecule has 1 aromatic heterocycles. The van der Waals surface area contributed by atoms with Gasteiger partial charge in [0.2, 0.25) is 5.91 Å². The van der Waals surface area contributed by atoms with Gasteiger partial charge in [0.15, 0.2) is 0 Å². The van der Waals surface area contributed by atoms with Gasteiger partial charge in [-0.25, -0.2) is 0 Å². The molecule has 31 heavy (non-hydrogen) atoms. The van der Waals surface area contributed by atoms with Crippen LogP contribution in [0.15, 0.2) is 73.1 Å². The summed E-state index contributed by atoms with van der Waals surface area (Å²) in [6, 6.07) is 18.1. The number of pyridine rings is 1. The number of anilines is 1. The number of rotatable bonds is 5. The van der Waals surface area contributed by atoms with Crippen molar-refractivity contribution in [1.29, 1.82) is 0 Å². The topological polar surface area (TPSA) is 82.6 Å². The Morgan fingerprint density at radius 3 is 2.42 bits per heavy atom. The highest BCUT2D eigenvalue weighted by molar-refractivity contribution is 6.17. The number of fused-ring (bicyclic) bond motifs is 5. The maximum absolute atomic E-state index is 13.3. The summed E-state index contributed by atoms with van der Waals surface area (Å²) in [7, 11) is 0. The zero-order valence-corrected chi connectivity index (χ0v) is 16.7. The zero-order valence-electron chi connectivity index (χ0n) is 16.7. The van der Waals surface area contributed by atoms with Gasteiger partial charge in [-0.1, -0.05) is 30.3 Å². The molecule has 0 fully saturated rings. The average molecular weight is 412 g/mol. The van der Waals surface area contributed by atoms with Crippen LogP contribution in [0.25, 0.3) is 0 Å². The minimum absolute atomic E-state index is 0.133. The second-order valence-corrected chi connectivity index (χ2v) is 7.54. The number of carbonyl (C=O) groups is 3. The molecule has 0 unspecified atom stereocenters. The minimum Gasteiger partial charge on any atom is -0.354 e. The third kappa shape index (κ3) is 3.24. The molecule has 1 atom stereocenters. The number of carbonyl (C=O) groups excluding carboxylic acids is 3. The highest BCUT2D eigenvalue weighted by Gasteiger charge is 2.47. The second-order valence-electron chi connectivity index (χ2n) is 7.54. The maximum Gasteiger partial charge on any atom is 0.260 e. The van der Waals surface area contributed by atoms with Crippen LogP contribution in [0, 0.1) is 0 Å². The van der Waals surface area contributed by atoms with E-state index in [2.05, 4.69) is 10.3 Å². The minimum atomic E-state index is -0.628. The van der Waals surface area contributed by atoms with Crippen molar-refractivity contribution < 1.29 is 14.4 Å². The molecule has 2 aliphatic rings. The maximum atomic E-state index is 13.3. The number of nitrogens with one attached hydrogen (secondary N) is 1. The van der Waals surface area contributed by atoms with Crippen molar-refractivity contribution >= 4 is 23.4 Å². The Morgan fingerprint density at radius 1 is 0.903 bits per heavy atom. The summed E-state index contributed by atoms with van der Waals surface area (Å²) in [4.78, 5) is 46.3. The number of para-hydroxylation sites is 1. The lowest BCUT2D eigenvalue weighted by molar-refractivity contribution is -0.122. The number of nitrogens with zero attached hydrogens (tertiary/aromatic N) is 3. The number of benzene rings is 2. The molecule has 2 aromatic carbocycles. The second kappa shape index (κ2) is 7.68. The molecule has 7 heteroatoms. The van der Waals surface area contributed by atoms with E-state index in [0.717, 1.165) is 11.1 Å². The third-order valence-corrected chi connectivity index (χ3v) is 5.68. The Balaban J connectivity index is 1.40. The van der Waals surface area contributed by atoms with Crippen LogP contribution in [0.4, 0.5) is 5.69 Å². The molecule has 1 N–H and O–H groups in total. The normalized spacial score (nSPS) is 16.6. The summed E-state index contributed by atoms with van der Waals surface area (Å²) in [5.41, 5.74) is 3.36. The molecule has 0 bridgehead atoms. The molecular formula is C24H20N4O3. The Bertz CT molecular complexity index is 1180. The predicted octanol–water partition coefficient (Wildman–Crippen LogP) is 2.56. The molecule has 0 aliphatic carbocycles. The van der Waals surface area contributed by atoms with Crippen molar-refractivity contribution in [3.05, 3.63) is 95.3 Å². The Labute approximate surface area is 179 Å². The van der Waals surface area contributed by atoms with Gasteiger partial charge in [-0.3, -0.25) is 24.3 Å². The molecule has 2 aliphatic heterocycles. The predicted molar refractivity (Wildman–Crippen MR) is 114 cm³/mol. The van der Waals surface area contributed by atoms with Crippen molar-refractivity contribution in [3.63, 3.8) is 0 Å². The molecule has 3 heterocycles. The van der Waals surface area contributed by atoms with Crippen molar-refractivity contribution in [2.45, 2.75) is 12.6 Å². The van der Waals surface area contributed by atoms with Gasteiger partial charge in [0.05, 0.1) is 11.3 Å². The first kappa shape index (κ1) is 19.0. The summed E-state index contributed by atoms with van der Waals surface area (Å²) in [5, 5.41) is 2.88. The van der Waals surface area contributed by atoms with Crippen molar-refractivity contribution in [1.82, 2.24) is 15.2 Å². The van der Waals surface area contributed by atoms with Gasteiger partial charge in [-0.05, 0) is 42.3 Å². The Morgan fingerprint density at radius 2 is 1.61 bits per heavy atom. The smallest absolute Gasteiger partial charge is 0.260 e. The van der Waals surface area contributed by atoms with E-state index in [1.165, 1.54) is 4.90 Å². The van der Waals surface area contributed by atoms with Crippen LogP contribution in [0.5, 0.6) is 0 Å². The first-order chi connectivity index (χ1) is 15.1. The fourth-order valence-electron chi connectivity index (χ4n) is 4.24. The van der Waals surface area contributed by atoms with E-state index < -0.39 is 6.17 Å². The molecule has 154 valence electrons. The molecule has 5 rings (SSSR count). The van der Waals surface area contributed by atoms with E-state index in [-0.39, 0.29) is 24.3 Å². The van der Waals surface area contributed by atoms with Gasteiger partial charge in [-0.2, -0.15) is 0 Å². The van der Waals surface area contributed by atoms with Crippen LogP contribution in [-0.2, 0) is 11.2 Å². The summed E-state index contributed by atoms with van der Waals surface area (Å²) < 4.78 is 0. The number of aromatic nitrogens is 1. The average Bonchev–Trinajstić information content (AvgIpc) is 3.10. The Hall–Kier alpha value is -4.00. The van der Waals surface area contributed by atoms with E-state index in [9.17, 15) is 14.4 Å². The van der Waals surface area contributed by atoms with Crippen LogP contribution in [0.1, 0.15) is 38.0 Å². The summed E-state index contributed by atoms with van der Waals surface area (Å²) >= 11 is 0. The van der Waals surface area contributed by atoms with Crippen LogP contribution in [0.3, 0.4) is 0 Å². The van der Waals surface area contributed by atoms with E-state index >= 15 is 0 Å². The van der Waals surface area contributed by atoms with Crippen molar-refractivity contribution in [2.75, 3.05) is 18.0 Å². The lowest BCUT2D eigenvalue weighted by atomic mass is 10.0. The largest absolute Gasteiger partial charge is 0.354 e. The summed E-state index contributed by atoms with van der Waals surface area (Å²) in [5.74, 6) is -0.687. The number of hydrogen-bond donors (Lipinski definition) is 1. The first-order valence-electron chi connectivity index (χ1n) is 10.1. The highest BCUT2D eigenvalue weighted by Crippen LogP contribution is 2.44. The highest BCUT2D eigenvalue weighted by atomic mass is 16.2. The van der Waals surface area contributed by atoms with E-state index in [1.54, 1.807) is 53.7 Å². The van der Waals surface area contributed by atoms with Crippen molar-refractivity contribution in [2.24, 2.45) is 0 Å². The monoisotopic (exact) mass is 412 g/mol. The van der Waals surface area contributed by atoms with E-state index in [0.29, 0.717) is 29.8 Å². The van der Waals surface area contributed by atoms with Gasteiger partial charge in [-0.15, -0.1) is 0 Å². The number of hydrogen-bond acceptors (Lipinski definition) is 4. The third-order valence-electron chi connectivity index (χ3n) is 5.68. The summed E-state index contributed by atoms with van der Waals surface area (Å²) in [6.07, 6.45) is 3.47. The summed E-state index contributed by atoms with van der Waals surface area (Å²) in [6.45, 7) is 0.317. The van der Waals surface area contributed by atoms with Gasteiger partial charge >= 0.3 is 0 Å². The lowest BCUT2D eigenvalue weighted by Gasteiger charge is -2.40. The van der Waals surface area contributed by atoms with Crippen LogP contribution < -0.4 is 10.2 Å². The molecule has 0 spiro atoms. The van der Waals surface area contributed by atoms with E-state index in [1.807, 2.05) is 24.3 Å². The SMILES string of the molecule is O=C(CN1C(=O)c2ccccc2N2C(=O)c3ccccc3[C@@H]12)NCCc1ccncc1. The number of amides is 3. The molecule has 3 aromatic rings. The molecule has 0 radical (unpaired) electrons. The fraction of sp³-hybridized carbons (Fsp3) is 0.167.